The lowest BCUT2D eigenvalue weighted by atomic mass is 9.93. The van der Waals surface area contributed by atoms with Crippen LogP contribution in [0, 0.1) is 12.7 Å². The smallest absolute Gasteiger partial charge is 0.387 e. The zero-order valence-electron chi connectivity index (χ0n) is 16.3. The van der Waals surface area contributed by atoms with Crippen LogP contribution in [0.1, 0.15) is 43.4 Å². The molecule has 3 aromatic rings. The summed E-state index contributed by atoms with van der Waals surface area (Å²) >= 11 is 0. The first-order chi connectivity index (χ1) is 14.8. The van der Waals surface area contributed by atoms with Crippen molar-refractivity contribution in [3.05, 3.63) is 94.3 Å². The second kappa shape index (κ2) is 8.14. The zero-order valence-corrected chi connectivity index (χ0v) is 16.3. The van der Waals surface area contributed by atoms with E-state index < -0.39 is 30.1 Å². The number of hydrogen-bond acceptors (Lipinski definition) is 3. The summed E-state index contributed by atoms with van der Waals surface area (Å²) in [5.74, 6) is -2.36. The van der Waals surface area contributed by atoms with Gasteiger partial charge in [0, 0.05) is 28.4 Å². The highest BCUT2D eigenvalue weighted by atomic mass is 19.3. The highest BCUT2D eigenvalue weighted by molar-refractivity contribution is 6.08. The van der Waals surface area contributed by atoms with Crippen molar-refractivity contribution in [2.75, 3.05) is 5.32 Å². The molecule has 1 unspecified atom stereocenters. The Kier molecular flexibility index (Phi) is 5.37. The first-order valence-corrected chi connectivity index (χ1v) is 9.39. The Bertz CT molecular complexity index is 1180. The molecule has 2 N–H and O–H groups in total. The van der Waals surface area contributed by atoms with Gasteiger partial charge in [-0.25, -0.2) is 4.39 Å². The number of ether oxygens (including phenoxy) is 1. The van der Waals surface area contributed by atoms with Crippen LogP contribution in [0.4, 0.5) is 18.9 Å². The molecule has 3 aromatic carbocycles. The van der Waals surface area contributed by atoms with Gasteiger partial charge in [0.15, 0.2) is 0 Å². The van der Waals surface area contributed by atoms with Gasteiger partial charge in [-0.1, -0.05) is 30.3 Å². The molecule has 1 aliphatic heterocycles. The lowest BCUT2D eigenvalue weighted by Crippen LogP contribution is -2.21. The third-order valence-electron chi connectivity index (χ3n) is 5.02. The van der Waals surface area contributed by atoms with Gasteiger partial charge in [0.2, 0.25) is 0 Å². The number of carbonyl (C=O) groups is 2. The Morgan fingerprint density at radius 1 is 1.10 bits per heavy atom. The van der Waals surface area contributed by atoms with Crippen molar-refractivity contribution in [1.29, 1.82) is 0 Å². The third kappa shape index (κ3) is 4.09. The molecule has 5 nitrogen and oxygen atoms in total. The third-order valence-corrected chi connectivity index (χ3v) is 5.02. The summed E-state index contributed by atoms with van der Waals surface area (Å²) in [6.45, 7) is -1.24. The average Bonchev–Trinajstić information content (AvgIpc) is 3.05. The van der Waals surface area contributed by atoms with Crippen molar-refractivity contribution in [2.45, 2.75) is 19.6 Å². The second-order valence-electron chi connectivity index (χ2n) is 7.04. The monoisotopic (exact) mass is 426 g/mol. The van der Waals surface area contributed by atoms with E-state index in [0.717, 1.165) is 29.3 Å². The van der Waals surface area contributed by atoms with Gasteiger partial charge in [-0.15, -0.1) is 0 Å². The van der Waals surface area contributed by atoms with E-state index in [1.807, 2.05) is 31.2 Å². The van der Waals surface area contributed by atoms with Gasteiger partial charge in [-0.05, 0) is 42.3 Å². The molecule has 0 saturated carbocycles. The molecule has 4 rings (SSSR count). The number of halogens is 3. The molecule has 0 bridgehead atoms. The van der Waals surface area contributed by atoms with Gasteiger partial charge < -0.3 is 15.4 Å². The molecule has 158 valence electrons. The van der Waals surface area contributed by atoms with Crippen molar-refractivity contribution in [3.63, 3.8) is 0 Å². The van der Waals surface area contributed by atoms with E-state index in [9.17, 15) is 22.8 Å². The summed E-state index contributed by atoms with van der Waals surface area (Å²) in [6.07, 6.45) is 0. The van der Waals surface area contributed by atoms with Crippen LogP contribution in [0.25, 0.3) is 0 Å². The SMILES string of the molecule is Cc1ccccc1C1NC(=O)c2cccc(NC(=O)c3cc(F)cc(OC(F)F)c3)c21. The molecule has 0 spiro atoms. The number of hydrogen-bond donors (Lipinski definition) is 2. The van der Waals surface area contributed by atoms with Gasteiger partial charge in [-0.3, -0.25) is 9.59 Å². The van der Waals surface area contributed by atoms with Crippen LogP contribution < -0.4 is 15.4 Å². The summed E-state index contributed by atoms with van der Waals surface area (Å²) in [7, 11) is 0. The summed E-state index contributed by atoms with van der Waals surface area (Å²) < 4.78 is 43.0. The fourth-order valence-electron chi connectivity index (χ4n) is 3.67. The second-order valence-corrected chi connectivity index (χ2v) is 7.04. The summed E-state index contributed by atoms with van der Waals surface area (Å²) in [5.41, 5.74) is 2.98. The molecule has 0 saturated heterocycles. The maximum atomic E-state index is 13.8. The predicted octanol–water partition coefficient (Wildman–Crippen LogP) is 4.82. The fraction of sp³-hybridized carbons (Fsp3) is 0.130. The van der Waals surface area contributed by atoms with Crippen LogP contribution in [-0.4, -0.2) is 18.4 Å². The molecule has 0 aromatic heterocycles. The van der Waals surface area contributed by atoms with Gasteiger partial charge in [-0.2, -0.15) is 8.78 Å². The minimum atomic E-state index is -3.15. The standard InChI is InChI=1S/C23H17F3N2O3/c1-12-5-2-3-6-16(12)20-19-17(22(30)28-20)7-4-8-18(19)27-21(29)13-9-14(24)11-15(10-13)31-23(25)26/h2-11,20,23H,1H3,(H,27,29)(H,28,30). The highest BCUT2D eigenvalue weighted by Gasteiger charge is 2.33. The Hall–Kier alpha value is -3.81. The van der Waals surface area contributed by atoms with E-state index in [2.05, 4.69) is 15.4 Å². The van der Waals surface area contributed by atoms with Crippen molar-refractivity contribution in [2.24, 2.45) is 0 Å². The Balaban J connectivity index is 1.70. The molecule has 0 aliphatic carbocycles. The minimum Gasteiger partial charge on any atom is -0.435 e. The van der Waals surface area contributed by atoms with Gasteiger partial charge in [0.05, 0.1) is 6.04 Å². The van der Waals surface area contributed by atoms with E-state index in [1.165, 1.54) is 0 Å². The molecular weight excluding hydrogens is 409 g/mol. The van der Waals surface area contributed by atoms with Gasteiger partial charge in [0.1, 0.15) is 11.6 Å². The molecule has 1 aliphatic rings. The largest absolute Gasteiger partial charge is 0.435 e. The number of nitrogens with one attached hydrogen (secondary N) is 2. The Morgan fingerprint density at radius 3 is 2.61 bits per heavy atom. The number of amides is 2. The van der Waals surface area contributed by atoms with Crippen molar-refractivity contribution >= 4 is 17.5 Å². The van der Waals surface area contributed by atoms with Crippen LogP contribution in [0.3, 0.4) is 0 Å². The van der Waals surface area contributed by atoms with Gasteiger partial charge in [0.25, 0.3) is 11.8 Å². The van der Waals surface area contributed by atoms with E-state index in [4.69, 9.17) is 0 Å². The van der Waals surface area contributed by atoms with Crippen LogP contribution in [0.5, 0.6) is 5.75 Å². The summed E-state index contributed by atoms with van der Waals surface area (Å²) in [5, 5.41) is 5.58. The first-order valence-electron chi connectivity index (χ1n) is 9.39. The fourth-order valence-corrected chi connectivity index (χ4v) is 3.67. The maximum Gasteiger partial charge on any atom is 0.387 e. The molecule has 0 fully saturated rings. The Labute approximate surface area is 175 Å². The topological polar surface area (TPSA) is 67.4 Å². The normalized spacial score (nSPS) is 14.9. The lowest BCUT2D eigenvalue weighted by molar-refractivity contribution is -0.0500. The highest BCUT2D eigenvalue weighted by Crippen LogP contribution is 2.37. The Morgan fingerprint density at radius 2 is 1.87 bits per heavy atom. The quantitative estimate of drug-likeness (QED) is 0.615. The molecule has 2 amide bonds. The van der Waals surface area contributed by atoms with E-state index >= 15 is 0 Å². The van der Waals surface area contributed by atoms with Crippen molar-refractivity contribution < 1.29 is 27.5 Å². The maximum absolute atomic E-state index is 13.8. The van der Waals surface area contributed by atoms with E-state index in [1.54, 1.807) is 18.2 Å². The lowest BCUT2D eigenvalue weighted by Gasteiger charge is -2.18. The van der Waals surface area contributed by atoms with Crippen LogP contribution in [0.2, 0.25) is 0 Å². The van der Waals surface area contributed by atoms with Crippen molar-refractivity contribution in [1.82, 2.24) is 5.32 Å². The predicted molar refractivity (Wildman–Crippen MR) is 108 cm³/mol. The number of benzene rings is 3. The van der Waals surface area contributed by atoms with Gasteiger partial charge >= 0.3 is 6.61 Å². The molecule has 1 heterocycles. The molecule has 31 heavy (non-hydrogen) atoms. The van der Waals surface area contributed by atoms with Crippen LogP contribution in [0.15, 0.2) is 60.7 Å². The zero-order chi connectivity index (χ0) is 22.1. The molecular formula is C23H17F3N2O3. The van der Waals surface area contributed by atoms with Crippen molar-refractivity contribution in [3.8, 4) is 5.75 Å². The first kappa shape index (κ1) is 20.5. The number of aryl methyl sites for hydroxylation is 1. The summed E-state index contributed by atoms with van der Waals surface area (Å²) in [6, 6.07) is 14.6. The van der Waals surface area contributed by atoms with E-state index in [-0.39, 0.29) is 11.5 Å². The molecule has 0 radical (unpaired) electrons. The molecule has 1 atom stereocenters. The minimum absolute atomic E-state index is 0.196. The number of rotatable bonds is 5. The summed E-state index contributed by atoms with van der Waals surface area (Å²) in [4.78, 5) is 25.3. The van der Waals surface area contributed by atoms with Crippen LogP contribution >= 0.6 is 0 Å². The molecule has 8 heteroatoms. The number of carbonyl (C=O) groups excluding carboxylic acids is 2. The average molecular weight is 426 g/mol. The van der Waals surface area contributed by atoms with E-state index in [0.29, 0.717) is 16.8 Å². The van der Waals surface area contributed by atoms with Crippen LogP contribution in [-0.2, 0) is 0 Å². The number of alkyl halides is 2. The number of fused-ring (bicyclic) bond motifs is 1. The number of anilines is 1.